The molecule has 1 N–H and O–H groups in total. The Balaban J connectivity index is 2.03. The monoisotopic (exact) mass is 344 g/mol. The van der Waals surface area contributed by atoms with Crippen LogP contribution in [0.2, 0.25) is 0 Å². The molecule has 0 amide bonds. The van der Waals surface area contributed by atoms with Crippen molar-refractivity contribution in [2.45, 2.75) is 6.42 Å². The fourth-order valence-electron chi connectivity index (χ4n) is 2.37. The number of aryl methyl sites for hydroxylation is 1. The van der Waals surface area contributed by atoms with Crippen molar-refractivity contribution in [1.82, 2.24) is 9.55 Å². The molecule has 0 spiro atoms. The summed E-state index contributed by atoms with van der Waals surface area (Å²) >= 11 is 3.46. The standard InChI is InChI=1S/C16H13BrN2O2/c1-19-14-6-5-11(16(20)21)9-13(14)18-15(19)8-10-3-2-4-12(17)7-10/h2-7,9H,8H2,1H3,(H,20,21). The average Bonchev–Trinajstić information content (AvgIpc) is 2.75. The van der Waals surface area contributed by atoms with E-state index in [1.54, 1.807) is 18.2 Å². The third-order valence-electron chi connectivity index (χ3n) is 3.47. The van der Waals surface area contributed by atoms with Gasteiger partial charge in [0, 0.05) is 17.9 Å². The van der Waals surface area contributed by atoms with Crippen molar-refractivity contribution in [3.63, 3.8) is 0 Å². The summed E-state index contributed by atoms with van der Waals surface area (Å²) in [6.07, 6.45) is 0.701. The molecule has 0 fully saturated rings. The predicted octanol–water partition coefficient (Wildman–Crippen LogP) is 3.62. The first kappa shape index (κ1) is 13.8. The van der Waals surface area contributed by atoms with Gasteiger partial charge in [-0.2, -0.15) is 0 Å². The third kappa shape index (κ3) is 2.69. The highest BCUT2D eigenvalue weighted by atomic mass is 79.9. The lowest BCUT2D eigenvalue weighted by molar-refractivity contribution is 0.0697. The van der Waals surface area contributed by atoms with Crippen molar-refractivity contribution >= 4 is 32.9 Å². The van der Waals surface area contributed by atoms with Gasteiger partial charge in [0.15, 0.2) is 0 Å². The predicted molar refractivity (Wildman–Crippen MR) is 84.6 cm³/mol. The highest BCUT2D eigenvalue weighted by molar-refractivity contribution is 9.10. The van der Waals surface area contributed by atoms with E-state index in [4.69, 9.17) is 5.11 Å². The van der Waals surface area contributed by atoms with Crippen molar-refractivity contribution in [2.24, 2.45) is 7.05 Å². The number of carbonyl (C=O) groups is 1. The van der Waals surface area contributed by atoms with Crippen LogP contribution in [-0.4, -0.2) is 20.6 Å². The number of hydrogen-bond donors (Lipinski definition) is 1. The number of nitrogens with zero attached hydrogens (tertiary/aromatic N) is 2. The van der Waals surface area contributed by atoms with Gasteiger partial charge in [0.05, 0.1) is 16.6 Å². The highest BCUT2D eigenvalue weighted by Gasteiger charge is 2.11. The maximum Gasteiger partial charge on any atom is 0.335 e. The molecule has 0 aliphatic heterocycles. The summed E-state index contributed by atoms with van der Waals surface area (Å²) in [6, 6.07) is 13.1. The van der Waals surface area contributed by atoms with Crippen LogP contribution in [0.4, 0.5) is 0 Å². The fraction of sp³-hybridized carbons (Fsp3) is 0.125. The maximum atomic E-state index is 11.0. The van der Waals surface area contributed by atoms with Crippen molar-refractivity contribution in [3.8, 4) is 0 Å². The third-order valence-corrected chi connectivity index (χ3v) is 3.96. The summed E-state index contributed by atoms with van der Waals surface area (Å²) in [5.41, 5.74) is 3.06. The highest BCUT2D eigenvalue weighted by Crippen LogP contribution is 2.20. The molecule has 0 radical (unpaired) electrons. The van der Waals surface area contributed by atoms with E-state index in [-0.39, 0.29) is 5.56 Å². The molecule has 0 saturated heterocycles. The average molecular weight is 345 g/mol. The van der Waals surface area contributed by atoms with Gasteiger partial charge in [0.2, 0.25) is 0 Å². The Hall–Kier alpha value is -2.14. The summed E-state index contributed by atoms with van der Waals surface area (Å²) in [7, 11) is 1.95. The van der Waals surface area contributed by atoms with E-state index in [0.29, 0.717) is 11.9 Å². The topological polar surface area (TPSA) is 55.1 Å². The normalized spacial score (nSPS) is 11.0. The Labute approximate surface area is 130 Å². The molecule has 5 heteroatoms. The molecule has 0 aliphatic carbocycles. The Bertz CT molecular complexity index is 839. The van der Waals surface area contributed by atoms with Gasteiger partial charge < -0.3 is 9.67 Å². The van der Waals surface area contributed by atoms with Crippen molar-refractivity contribution in [3.05, 3.63) is 63.9 Å². The van der Waals surface area contributed by atoms with E-state index in [1.165, 1.54) is 0 Å². The van der Waals surface area contributed by atoms with E-state index in [1.807, 2.05) is 29.8 Å². The number of aromatic nitrogens is 2. The number of rotatable bonds is 3. The van der Waals surface area contributed by atoms with Crippen LogP contribution in [0, 0.1) is 0 Å². The Morgan fingerprint density at radius 1 is 1.29 bits per heavy atom. The largest absolute Gasteiger partial charge is 0.478 e. The smallest absolute Gasteiger partial charge is 0.335 e. The second-order valence-corrected chi connectivity index (χ2v) is 5.82. The first-order chi connectivity index (χ1) is 10.0. The Morgan fingerprint density at radius 3 is 2.81 bits per heavy atom. The summed E-state index contributed by atoms with van der Waals surface area (Å²) < 4.78 is 3.04. The Kier molecular flexibility index (Phi) is 3.51. The van der Waals surface area contributed by atoms with Gasteiger partial charge in [0.25, 0.3) is 0 Å². The van der Waals surface area contributed by atoms with Crippen LogP contribution in [-0.2, 0) is 13.5 Å². The SMILES string of the molecule is Cn1c(Cc2cccc(Br)c2)nc2cc(C(=O)O)ccc21. The van der Waals surface area contributed by atoms with Crippen LogP contribution < -0.4 is 0 Å². The molecule has 2 aromatic carbocycles. The van der Waals surface area contributed by atoms with E-state index in [2.05, 4.69) is 27.0 Å². The van der Waals surface area contributed by atoms with Crippen LogP contribution >= 0.6 is 15.9 Å². The lowest BCUT2D eigenvalue weighted by Crippen LogP contribution is -1.99. The summed E-state index contributed by atoms with van der Waals surface area (Å²) in [4.78, 5) is 15.6. The van der Waals surface area contributed by atoms with Crippen LogP contribution in [0.5, 0.6) is 0 Å². The van der Waals surface area contributed by atoms with Gasteiger partial charge in [-0.15, -0.1) is 0 Å². The molecule has 106 valence electrons. The molecule has 3 aromatic rings. The quantitative estimate of drug-likeness (QED) is 0.789. The van der Waals surface area contributed by atoms with Gasteiger partial charge in [-0.05, 0) is 35.9 Å². The van der Waals surface area contributed by atoms with Gasteiger partial charge in [-0.25, -0.2) is 9.78 Å². The molecule has 1 aromatic heterocycles. The van der Waals surface area contributed by atoms with Gasteiger partial charge in [-0.3, -0.25) is 0 Å². The molecular formula is C16H13BrN2O2. The second-order valence-electron chi connectivity index (χ2n) is 4.90. The van der Waals surface area contributed by atoms with Crippen molar-refractivity contribution in [1.29, 1.82) is 0 Å². The fourth-order valence-corrected chi connectivity index (χ4v) is 2.82. The number of benzene rings is 2. The molecule has 1 heterocycles. The maximum absolute atomic E-state index is 11.0. The molecule has 0 unspecified atom stereocenters. The summed E-state index contributed by atoms with van der Waals surface area (Å²) in [5, 5.41) is 9.05. The second kappa shape index (κ2) is 5.33. The zero-order valence-corrected chi connectivity index (χ0v) is 13.0. The number of aromatic carboxylic acids is 1. The molecule has 3 rings (SSSR count). The minimum Gasteiger partial charge on any atom is -0.478 e. The van der Waals surface area contributed by atoms with Crippen molar-refractivity contribution in [2.75, 3.05) is 0 Å². The van der Waals surface area contributed by atoms with Crippen molar-refractivity contribution < 1.29 is 9.90 Å². The number of carboxylic acid groups (broad SMARTS) is 1. The van der Waals surface area contributed by atoms with Crippen LogP contribution in [0.15, 0.2) is 46.9 Å². The molecule has 0 atom stereocenters. The van der Waals surface area contributed by atoms with Gasteiger partial charge in [0.1, 0.15) is 5.82 Å². The molecule has 0 aliphatic rings. The number of imidazole rings is 1. The minimum absolute atomic E-state index is 0.259. The van der Waals surface area contributed by atoms with E-state index >= 15 is 0 Å². The number of hydrogen-bond acceptors (Lipinski definition) is 2. The summed E-state index contributed by atoms with van der Waals surface area (Å²) in [6.45, 7) is 0. The zero-order chi connectivity index (χ0) is 15.0. The lowest BCUT2D eigenvalue weighted by atomic mass is 10.1. The zero-order valence-electron chi connectivity index (χ0n) is 11.4. The van der Waals surface area contributed by atoms with Crippen LogP contribution in [0.1, 0.15) is 21.7 Å². The first-order valence-electron chi connectivity index (χ1n) is 6.47. The van der Waals surface area contributed by atoms with Gasteiger partial charge >= 0.3 is 5.97 Å². The molecular weight excluding hydrogens is 332 g/mol. The van der Waals surface area contributed by atoms with E-state index < -0.39 is 5.97 Å². The molecule has 0 saturated carbocycles. The van der Waals surface area contributed by atoms with E-state index in [0.717, 1.165) is 21.4 Å². The molecule has 4 nitrogen and oxygen atoms in total. The van der Waals surface area contributed by atoms with Crippen LogP contribution in [0.3, 0.4) is 0 Å². The molecule has 0 bridgehead atoms. The van der Waals surface area contributed by atoms with Crippen LogP contribution in [0.25, 0.3) is 11.0 Å². The minimum atomic E-state index is -0.934. The Morgan fingerprint density at radius 2 is 2.10 bits per heavy atom. The number of carboxylic acids is 1. The first-order valence-corrected chi connectivity index (χ1v) is 7.27. The number of halogens is 1. The summed E-state index contributed by atoms with van der Waals surface area (Å²) in [5.74, 6) is -0.0262. The number of fused-ring (bicyclic) bond motifs is 1. The van der Waals surface area contributed by atoms with Gasteiger partial charge in [-0.1, -0.05) is 28.1 Å². The molecule has 21 heavy (non-hydrogen) atoms. The van der Waals surface area contributed by atoms with E-state index in [9.17, 15) is 4.79 Å². The lowest BCUT2D eigenvalue weighted by Gasteiger charge is -2.03.